The molecule has 1 N–H and O–H groups in total. The van der Waals surface area contributed by atoms with Gasteiger partial charge in [0.2, 0.25) is 0 Å². The molecule has 1 unspecified atom stereocenters. The van der Waals surface area contributed by atoms with Gasteiger partial charge in [-0.25, -0.2) is 4.52 Å². The van der Waals surface area contributed by atoms with Gasteiger partial charge in [0.1, 0.15) is 23.1 Å². The fourth-order valence-corrected chi connectivity index (χ4v) is 3.79. The van der Waals surface area contributed by atoms with Crippen LogP contribution < -0.4 is 15.0 Å². The van der Waals surface area contributed by atoms with Crippen LogP contribution in [-0.4, -0.2) is 33.5 Å². The van der Waals surface area contributed by atoms with E-state index in [0.717, 1.165) is 16.8 Å². The number of hydrogen-bond acceptors (Lipinski definition) is 5. The molecule has 0 aliphatic rings. The first-order valence-electron chi connectivity index (χ1n) is 9.97. The minimum absolute atomic E-state index is 0.0724. The largest absolute Gasteiger partial charge is 0.497 e. The zero-order valence-corrected chi connectivity index (χ0v) is 18.0. The molecule has 0 saturated carbocycles. The van der Waals surface area contributed by atoms with Crippen molar-refractivity contribution in [1.82, 2.24) is 14.2 Å². The fourth-order valence-electron chi connectivity index (χ4n) is 3.79. The van der Waals surface area contributed by atoms with Crippen LogP contribution in [0, 0.1) is 13.8 Å². The van der Waals surface area contributed by atoms with Crippen molar-refractivity contribution in [1.29, 1.82) is 0 Å². The number of aliphatic hydroxyl groups is 1. The monoisotopic (exact) mass is 419 g/mol. The smallest absolute Gasteiger partial charge is 0.276 e. The fraction of sp³-hybridized carbons (Fsp3) is 0.250. The van der Waals surface area contributed by atoms with Crippen LogP contribution in [0.25, 0.3) is 16.8 Å². The van der Waals surface area contributed by atoms with Gasteiger partial charge in [0.05, 0.1) is 26.5 Å². The maximum Gasteiger partial charge on any atom is 0.276 e. The Balaban J connectivity index is 1.70. The van der Waals surface area contributed by atoms with Gasteiger partial charge in [-0.05, 0) is 43.7 Å². The molecule has 0 saturated heterocycles. The lowest BCUT2D eigenvalue weighted by Crippen LogP contribution is -2.24. The minimum Gasteiger partial charge on any atom is -0.497 e. The van der Waals surface area contributed by atoms with Crippen LogP contribution in [0.3, 0.4) is 0 Å². The van der Waals surface area contributed by atoms with Crippen LogP contribution >= 0.6 is 0 Å². The van der Waals surface area contributed by atoms with Crippen molar-refractivity contribution in [2.24, 2.45) is 0 Å². The second-order valence-corrected chi connectivity index (χ2v) is 7.56. The number of aryl methyl sites for hydroxylation is 2. The first-order valence-corrected chi connectivity index (χ1v) is 9.97. The zero-order valence-electron chi connectivity index (χ0n) is 18.0. The van der Waals surface area contributed by atoms with Crippen molar-refractivity contribution in [2.75, 3.05) is 14.2 Å². The first kappa shape index (κ1) is 20.7. The number of ether oxygens (including phenoxy) is 2. The van der Waals surface area contributed by atoms with Crippen molar-refractivity contribution < 1.29 is 14.6 Å². The van der Waals surface area contributed by atoms with Crippen LogP contribution in [0.5, 0.6) is 11.5 Å². The number of fused-ring (bicyclic) bond motifs is 1. The highest BCUT2D eigenvalue weighted by Crippen LogP contribution is 2.30. The molecule has 0 aliphatic heterocycles. The number of rotatable bonds is 6. The molecule has 7 heteroatoms. The van der Waals surface area contributed by atoms with Crippen LogP contribution in [0.1, 0.15) is 22.8 Å². The van der Waals surface area contributed by atoms with Gasteiger partial charge in [-0.2, -0.15) is 5.10 Å². The third kappa shape index (κ3) is 3.92. The van der Waals surface area contributed by atoms with E-state index in [0.29, 0.717) is 22.6 Å². The highest BCUT2D eigenvalue weighted by molar-refractivity contribution is 5.68. The SMILES string of the molecule is COc1ccc(OC)c(C(O)Cn2ccn3nc(-c4ccc(C)cc4C)cc3c2=O)c1. The number of nitrogens with zero attached hydrogens (tertiary/aromatic N) is 3. The Morgan fingerprint density at radius 3 is 2.55 bits per heavy atom. The molecule has 0 spiro atoms. The third-order valence-electron chi connectivity index (χ3n) is 5.43. The summed E-state index contributed by atoms with van der Waals surface area (Å²) in [4.78, 5) is 13.1. The Hall–Kier alpha value is -3.58. The molecular formula is C24H25N3O4. The lowest BCUT2D eigenvalue weighted by Gasteiger charge is -2.17. The maximum atomic E-state index is 13.1. The summed E-state index contributed by atoms with van der Waals surface area (Å²) in [5.41, 5.74) is 4.77. The highest BCUT2D eigenvalue weighted by atomic mass is 16.5. The molecule has 31 heavy (non-hydrogen) atoms. The normalized spacial score (nSPS) is 12.2. The summed E-state index contributed by atoms with van der Waals surface area (Å²) in [5, 5.41) is 15.4. The minimum atomic E-state index is -0.952. The lowest BCUT2D eigenvalue weighted by atomic mass is 10.0. The second kappa shape index (κ2) is 8.28. The molecule has 0 fully saturated rings. The number of hydrogen-bond donors (Lipinski definition) is 1. The van der Waals surface area contributed by atoms with Crippen LogP contribution in [-0.2, 0) is 6.54 Å². The lowest BCUT2D eigenvalue weighted by molar-refractivity contribution is 0.151. The van der Waals surface area contributed by atoms with Gasteiger partial charge in [-0.1, -0.05) is 23.8 Å². The quantitative estimate of drug-likeness (QED) is 0.517. The molecule has 0 bridgehead atoms. The molecule has 4 rings (SSSR count). The second-order valence-electron chi connectivity index (χ2n) is 7.56. The van der Waals surface area contributed by atoms with Crippen LogP contribution in [0.15, 0.2) is 59.7 Å². The van der Waals surface area contributed by atoms with Gasteiger partial charge in [0.15, 0.2) is 0 Å². The van der Waals surface area contributed by atoms with Gasteiger partial charge >= 0.3 is 0 Å². The van der Waals surface area contributed by atoms with Crippen molar-refractivity contribution in [3.05, 3.63) is 81.9 Å². The summed E-state index contributed by atoms with van der Waals surface area (Å²) in [6.07, 6.45) is 2.40. The molecule has 4 aromatic rings. The van der Waals surface area contributed by atoms with Gasteiger partial charge in [0, 0.05) is 23.5 Å². The molecule has 2 heterocycles. The van der Waals surface area contributed by atoms with E-state index in [-0.39, 0.29) is 12.1 Å². The molecule has 2 aromatic heterocycles. The predicted molar refractivity (Wildman–Crippen MR) is 119 cm³/mol. The third-order valence-corrected chi connectivity index (χ3v) is 5.43. The summed E-state index contributed by atoms with van der Waals surface area (Å²) in [6, 6.07) is 13.1. The van der Waals surface area contributed by atoms with Crippen LogP contribution in [0.2, 0.25) is 0 Å². The van der Waals surface area contributed by atoms with Crippen molar-refractivity contribution >= 4 is 5.52 Å². The number of aliphatic hydroxyl groups excluding tert-OH is 1. The van der Waals surface area contributed by atoms with Crippen molar-refractivity contribution in [2.45, 2.75) is 26.5 Å². The summed E-state index contributed by atoms with van der Waals surface area (Å²) in [6.45, 7) is 4.15. The molecule has 160 valence electrons. The first-order chi connectivity index (χ1) is 14.9. The standard InChI is InChI=1S/C24H25N3O4/c1-15-5-7-18(16(2)11-15)20-13-21-24(29)26(9-10-27(21)25-20)14-22(28)19-12-17(30-3)6-8-23(19)31-4/h5-13,22,28H,14H2,1-4H3. The Labute approximate surface area is 180 Å². The predicted octanol–water partition coefficient (Wildman–Crippen LogP) is 3.53. The van der Waals surface area contributed by atoms with Gasteiger partial charge < -0.3 is 19.1 Å². The number of aromatic nitrogens is 3. The number of benzene rings is 2. The van der Waals surface area contributed by atoms with Crippen molar-refractivity contribution in [3.63, 3.8) is 0 Å². The highest BCUT2D eigenvalue weighted by Gasteiger charge is 2.17. The summed E-state index contributed by atoms with van der Waals surface area (Å²) in [7, 11) is 3.10. The van der Waals surface area contributed by atoms with Crippen molar-refractivity contribution in [3.8, 4) is 22.8 Å². The van der Waals surface area contributed by atoms with Gasteiger partial charge in [-0.3, -0.25) is 4.79 Å². The molecular weight excluding hydrogens is 394 g/mol. The molecule has 2 aromatic carbocycles. The Bertz CT molecular complexity index is 1310. The molecule has 0 aliphatic carbocycles. The van der Waals surface area contributed by atoms with E-state index in [1.165, 1.54) is 17.2 Å². The summed E-state index contributed by atoms with van der Waals surface area (Å²) < 4.78 is 13.7. The van der Waals surface area contributed by atoms with Crippen LogP contribution in [0.4, 0.5) is 0 Å². The van der Waals surface area contributed by atoms with E-state index in [1.54, 1.807) is 48.3 Å². The maximum absolute atomic E-state index is 13.1. The van der Waals surface area contributed by atoms with E-state index in [4.69, 9.17) is 9.47 Å². The van der Waals surface area contributed by atoms with E-state index >= 15 is 0 Å². The van der Waals surface area contributed by atoms with E-state index in [9.17, 15) is 9.90 Å². The van der Waals surface area contributed by atoms with Gasteiger partial charge in [0.25, 0.3) is 5.56 Å². The Kier molecular flexibility index (Phi) is 5.52. The average Bonchev–Trinajstić information content (AvgIpc) is 3.20. The summed E-state index contributed by atoms with van der Waals surface area (Å²) in [5.74, 6) is 1.13. The van der Waals surface area contributed by atoms with E-state index < -0.39 is 6.10 Å². The summed E-state index contributed by atoms with van der Waals surface area (Å²) >= 11 is 0. The number of methoxy groups -OCH3 is 2. The van der Waals surface area contributed by atoms with E-state index in [2.05, 4.69) is 11.2 Å². The Morgan fingerprint density at radius 1 is 1.03 bits per heavy atom. The average molecular weight is 419 g/mol. The zero-order chi connectivity index (χ0) is 22.1. The molecule has 7 nitrogen and oxygen atoms in total. The molecule has 1 atom stereocenters. The van der Waals surface area contributed by atoms with E-state index in [1.807, 2.05) is 26.0 Å². The topological polar surface area (TPSA) is 78.0 Å². The Morgan fingerprint density at radius 2 is 1.84 bits per heavy atom. The van der Waals surface area contributed by atoms with Gasteiger partial charge in [-0.15, -0.1) is 0 Å². The molecule has 0 amide bonds. The molecule has 0 radical (unpaired) electrons.